The average Bonchev–Trinajstić information content (AvgIpc) is 2.49. The summed E-state index contributed by atoms with van der Waals surface area (Å²) in [6.07, 6.45) is 3.77. The van der Waals surface area contributed by atoms with Gasteiger partial charge in [0, 0.05) is 25.6 Å². The number of aliphatic carboxylic acids is 1. The number of urea groups is 1. The van der Waals surface area contributed by atoms with Crippen molar-refractivity contribution in [2.45, 2.75) is 52.0 Å². The molecule has 6 heteroatoms. The highest BCUT2D eigenvalue weighted by molar-refractivity contribution is 5.74. The largest absolute Gasteiger partial charge is 0.481 e. The summed E-state index contributed by atoms with van der Waals surface area (Å²) in [6, 6.07) is 0.248. The maximum absolute atomic E-state index is 12.4. The second-order valence-electron chi connectivity index (χ2n) is 5.73. The van der Waals surface area contributed by atoms with Crippen LogP contribution in [0.1, 0.15) is 46.0 Å². The maximum atomic E-state index is 12.4. The fraction of sp³-hybridized carbons (Fsp3) is 0.867. The lowest BCUT2D eigenvalue weighted by molar-refractivity contribution is -0.138. The minimum absolute atomic E-state index is 0.00273. The Bertz CT molecular complexity index is 330. The van der Waals surface area contributed by atoms with Gasteiger partial charge in [0.2, 0.25) is 0 Å². The zero-order valence-corrected chi connectivity index (χ0v) is 13.2. The predicted molar refractivity (Wildman–Crippen MR) is 82.3 cm³/mol. The van der Waals surface area contributed by atoms with Crippen LogP contribution in [0, 0.1) is 5.92 Å². The van der Waals surface area contributed by atoms with Gasteiger partial charge in [0.25, 0.3) is 0 Å². The van der Waals surface area contributed by atoms with E-state index in [0.29, 0.717) is 12.6 Å². The summed E-state index contributed by atoms with van der Waals surface area (Å²) in [5.74, 6) is -0.803. The Morgan fingerprint density at radius 2 is 2.00 bits per heavy atom. The highest BCUT2D eigenvalue weighted by atomic mass is 16.4. The van der Waals surface area contributed by atoms with Crippen molar-refractivity contribution in [3.63, 3.8) is 0 Å². The lowest BCUT2D eigenvalue weighted by atomic mass is 10.0. The van der Waals surface area contributed by atoms with Crippen LogP contribution < -0.4 is 10.6 Å². The molecule has 0 aromatic rings. The van der Waals surface area contributed by atoms with Gasteiger partial charge in [0.1, 0.15) is 0 Å². The van der Waals surface area contributed by atoms with E-state index in [-0.39, 0.29) is 18.4 Å². The van der Waals surface area contributed by atoms with Crippen molar-refractivity contribution in [1.29, 1.82) is 0 Å². The van der Waals surface area contributed by atoms with Crippen molar-refractivity contribution in [3.8, 4) is 0 Å². The second-order valence-corrected chi connectivity index (χ2v) is 5.73. The predicted octanol–water partition coefficient (Wildman–Crippen LogP) is 1.66. The molecule has 3 N–H and O–H groups in total. The number of carboxylic acids is 1. The van der Waals surface area contributed by atoms with E-state index >= 15 is 0 Å². The molecule has 1 unspecified atom stereocenters. The standard InChI is InChI=1S/C15H29N3O3/c1-3-9-18(13-5-7-16-8-6-13)15(21)17-11-12(4-2)10-14(19)20/h12-13,16H,3-11H2,1-2H3,(H,17,21)(H,19,20). The van der Waals surface area contributed by atoms with Crippen LogP contribution in [0.25, 0.3) is 0 Å². The smallest absolute Gasteiger partial charge is 0.317 e. The Kier molecular flexibility index (Phi) is 8.12. The molecule has 0 saturated carbocycles. The molecule has 0 aromatic heterocycles. The molecule has 1 heterocycles. The molecule has 6 nitrogen and oxygen atoms in total. The summed E-state index contributed by atoms with van der Waals surface area (Å²) in [4.78, 5) is 25.1. The molecule has 0 spiro atoms. The number of carbonyl (C=O) groups excluding carboxylic acids is 1. The first kappa shape index (κ1) is 17.8. The molecule has 1 fully saturated rings. The third-order valence-electron chi connectivity index (χ3n) is 4.06. The van der Waals surface area contributed by atoms with E-state index in [9.17, 15) is 9.59 Å². The number of hydrogen-bond acceptors (Lipinski definition) is 3. The second kappa shape index (κ2) is 9.60. The Balaban J connectivity index is 2.49. The van der Waals surface area contributed by atoms with Gasteiger partial charge in [-0.2, -0.15) is 0 Å². The summed E-state index contributed by atoms with van der Waals surface area (Å²) < 4.78 is 0. The van der Waals surface area contributed by atoms with Gasteiger partial charge in [0.15, 0.2) is 0 Å². The fourth-order valence-electron chi connectivity index (χ4n) is 2.75. The van der Waals surface area contributed by atoms with Gasteiger partial charge >= 0.3 is 12.0 Å². The van der Waals surface area contributed by atoms with Crippen LogP contribution in [0.4, 0.5) is 4.79 Å². The fourth-order valence-corrected chi connectivity index (χ4v) is 2.75. The molecule has 0 aromatic carbocycles. The number of carbonyl (C=O) groups is 2. The zero-order valence-electron chi connectivity index (χ0n) is 13.2. The van der Waals surface area contributed by atoms with E-state index < -0.39 is 5.97 Å². The van der Waals surface area contributed by atoms with Crippen molar-refractivity contribution >= 4 is 12.0 Å². The van der Waals surface area contributed by atoms with Gasteiger partial charge in [0.05, 0.1) is 0 Å². The molecule has 0 aliphatic carbocycles. The first-order valence-corrected chi connectivity index (χ1v) is 8.05. The summed E-state index contributed by atoms with van der Waals surface area (Å²) in [5, 5.41) is 15.1. The van der Waals surface area contributed by atoms with E-state index in [1.54, 1.807) is 0 Å². The van der Waals surface area contributed by atoms with Crippen LogP contribution in [0.3, 0.4) is 0 Å². The van der Waals surface area contributed by atoms with Crippen LogP contribution in [0.15, 0.2) is 0 Å². The number of piperidine rings is 1. The first-order chi connectivity index (χ1) is 10.1. The minimum atomic E-state index is -0.806. The van der Waals surface area contributed by atoms with Crippen molar-refractivity contribution in [3.05, 3.63) is 0 Å². The molecule has 1 rings (SSSR count). The van der Waals surface area contributed by atoms with Crippen LogP contribution in [-0.2, 0) is 4.79 Å². The minimum Gasteiger partial charge on any atom is -0.481 e. The third-order valence-corrected chi connectivity index (χ3v) is 4.06. The van der Waals surface area contributed by atoms with Gasteiger partial charge in [-0.25, -0.2) is 4.79 Å². The van der Waals surface area contributed by atoms with Crippen LogP contribution in [0.5, 0.6) is 0 Å². The SMILES string of the molecule is CCCN(C(=O)NCC(CC)CC(=O)O)C1CCNCC1. The number of carboxylic acid groups (broad SMARTS) is 1. The molecule has 2 amide bonds. The number of amides is 2. The van der Waals surface area contributed by atoms with Gasteiger partial charge in [-0.05, 0) is 38.3 Å². The lowest BCUT2D eigenvalue weighted by Crippen LogP contribution is -2.51. The number of nitrogens with zero attached hydrogens (tertiary/aromatic N) is 1. The molecule has 0 bridgehead atoms. The van der Waals surface area contributed by atoms with E-state index in [2.05, 4.69) is 17.6 Å². The monoisotopic (exact) mass is 299 g/mol. The van der Waals surface area contributed by atoms with Gasteiger partial charge in [-0.3, -0.25) is 4.79 Å². The molecule has 1 atom stereocenters. The molecule has 1 saturated heterocycles. The third kappa shape index (κ3) is 6.33. The Labute approximate surface area is 127 Å². The molecule has 122 valence electrons. The molecular formula is C15H29N3O3. The van der Waals surface area contributed by atoms with E-state index in [1.165, 1.54) is 0 Å². The molecular weight excluding hydrogens is 270 g/mol. The number of nitrogens with one attached hydrogen (secondary N) is 2. The normalized spacial score (nSPS) is 17.2. The Hall–Kier alpha value is -1.30. The quantitative estimate of drug-likeness (QED) is 0.636. The average molecular weight is 299 g/mol. The maximum Gasteiger partial charge on any atom is 0.317 e. The zero-order chi connectivity index (χ0) is 15.7. The van der Waals surface area contributed by atoms with Gasteiger partial charge in [-0.15, -0.1) is 0 Å². The number of rotatable bonds is 8. The summed E-state index contributed by atoms with van der Waals surface area (Å²) in [7, 11) is 0. The Morgan fingerprint density at radius 1 is 1.33 bits per heavy atom. The summed E-state index contributed by atoms with van der Waals surface area (Å²) in [5.41, 5.74) is 0. The van der Waals surface area contributed by atoms with Crippen molar-refractivity contribution in [2.24, 2.45) is 5.92 Å². The van der Waals surface area contributed by atoms with Crippen LogP contribution in [0.2, 0.25) is 0 Å². The van der Waals surface area contributed by atoms with E-state index in [1.807, 2.05) is 11.8 Å². The number of hydrogen-bond donors (Lipinski definition) is 3. The molecule has 21 heavy (non-hydrogen) atoms. The van der Waals surface area contributed by atoms with Crippen LogP contribution >= 0.6 is 0 Å². The van der Waals surface area contributed by atoms with Gasteiger partial charge in [-0.1, -0.05) is 20.3 Å². The summed E-state index contributed by atoms with van der Waals surface area (Å²) in [6.45, 7) is 7.12. The van der Waals surface area contributed by atoms with Crippen LogP contribution in [-0.4, -0.2) is 54.2 Å². The van der Waals surface area contributed by atoms with E-state index in [0.717, 1.165) is 45.3 Å². The van der Waals surface area contributed by atoms with Crippen molar-refractivity contribution < 1.29 is 14.7 Å². The highest BCUT2D eigenvalue weighted by Gasteiger charge is 2.25. The van der Waals surface area contributed by atoms with Gasteiger partial charge < -0.3 is 20.6 Å². The molecule has 0 radical (unpaired) electrons. The topological polar surface area (TPSA) is 81.7 Å². The molecule has 1 aliphatic heterocycles. The van der Waals surface area contributed by atoms with E-state index in [4.69, 9.17) is 5.11 Å². The Morgan fingerprint density at radius 3 is 2.52 bits per heavy atom. The highest BCUT2D eigenvalue weighted by Crippen LogP contribution is 2.13. The first-order valence-electron chi connectivity index (χ1n) is 8.05. The molecule has 1 aliphatic rings. The lowest BCUT2D eigenvalue weighted by Gasteiger charge is -2.34. The van der Waals surface area contributed by atoms with Crippen molar-refractivity contribution in [2.75, 3.05) is 26.2 Å². The van der Waals surface area contributed by atoms with Crippen molar-refractivity contribution in [1.82, 2.24) is 15.5 Å². The summed E-state index contributed by atoms with van der Waals surface area (Å²) >= 11 is 0.